The van der Waals surface area contributed by atoms with Crippen LogP contribution in [-0.4, -0.2) is 60.4 Å². The summed E-state index contributed by atoms with van der Waals surface area (Å²) in [5.74, 6) is 0.633. The van der Waals surface area contributed by atoms with Gasteiger partial charge in [0.15, 0.2) is 5.82 Å². The molecule has 1 saturated heterocycles. The zero-order chi connectivity index (χ0) is 19.1. The molecule has 1 N–H and O–H groups in total. The summed E-state index contributed by atoms with van der Waals surface area (Å²) < 4.78 is 15.4. The summed E-state index contributed by atoms with van der Waals surface area (Å²) >= 11 is 0. The number of nitrogens with zero attached hydrogens (tertiary/aromatic N) is 3. The maximum atomic E-state index is 11.8. The predicted octanol–water partition coefficient (Wildman–Crippen LogP) is 1.11. The molecule has 0 atom stereocenters. The van der Waals surface area contributed by atoms with Crippen LogP contribution in [0.15, 0.2) is 34.9 Å². The number of carbonyl (C=O) groups is 2. The highest BCUT2D eigenvalue weighted by Gasteiger charge is 2.35. The maximum Gasteiger partial charge on any atom is 0.325 e. The molecule has 0 radical (unpaired) electrons. The Labute approximate surface area is 156 Å². The Morgan fingerprint density at radius 1 is 1.30 bits per heavy atom. The fourth-order valence-electron chi connectivity index (χ4n) is 2.59. The SMILES string of the molecule is COC(=O)CNC(=O)N1CC(c2nc(CCOCc3ccccc3)no2)C1. The van der Waals surface area contributed by atoms with Gasteiger partial charge in [0.2, 0.25) is 5.89 Å². The van der Waals surface area contributed by atoms with Gasteiger partial charge in [0.1, 0.15) is 6.54 Å². The molecule has 0 spiro atoms. The summed E-state index contributed by atoms with van der Waals surface area (Å²) in [6.07, 6.45) is 0.562. The molecule has 9 nitrogen and oxygen atoms in total. The summed E-state index contributed by atoms with van der Waals surface area (Å²) in [6.45, 7) is 1.84. The van der Waals surface area contributed by atoms with Crippen molar-refractivity contribution in [2.45, 2.75) is 18.9 Å². The number of benzene rings is 1. The van der Waals surface area contributed by atoms with Crippen molar-refractivity contribution in [3.05, 3.63) is 47.6 Å². The molecule has 0 saturated carbocycles. The van der Waals surface area contributed by atoms with Crippen LogP contribution in [0, 0.1) is 0 Å². The van der Waals surface area contributed by atoms with Gasteiger partial charge in [-0.1, -0.05) is 35.5 Å². The summed E-state index contributed by atoms with van der Waals surface area (Å²) in [5, 5.41) is 6.45. The number of amides is 2. The first-order valence-electron chi connectivity index (χ1n) is 8.69. The normalized spacial score (nSPS) is 13.9. The van der Waals surface area contributed by atoms with Gasteiger partial charge in [-0.05, 0) is 5.56 Å². The molecule has 1 aliphatic rings. The Balaban J connectivity index is 1.35. The van der Waals surface area contributed by atoms with E-state index in [1.165, 1.54) is 7.11 Å². The molecule has 2 aromatic rings. The third-order valence-electron chi connectivity index (χ3n) is 4.19. The fourth-order valence-corrected chi connectivity index (χ4v) is 2.59. The molecule has 144 valence electrons. The maximum absolute atomic E-state index is 11.8. The topological polar surface area (TPSA) is 107 Å². The predicted molar refractivity (Wildman–Crippen MR) is 93.8 cm³/mol. The Morgan fingerprint density at radius 2 is 2.07 bits per heavy atom. The van der Waals surface area contributed by atoms with Crippen LogP contribution < -0.4 is 5.32 Å². The van der Waals surface area contributed by atoms with E-state index in [0.29, 0.717) is 44.4 Å². The quantitative estimate of drug-likeness (QED) is 0.545. The lowest BCUT2D eigenvalue weighted by Gasteiger charge is -2.36. The van der Waals surface area contributed by atoms with Crippen LogP contribution in [0.3, 0.4) is 0 Å². The third-order valence-corrected chi connectivity index (χ3v) is 4.19. The number of methoxy groups -OCH3 is 1. The number of hydrogen-bond donors (Lipinski definition) is 1. The van der Waals surface area contributed by atoms with Gasteiger partial charge in [-0.3, -0.25) is 4.79 Å². The van der Waals surface area contributed by atoms with Crippen LogP contribution in [0.4, 0.5) is 4.79 Å². The van der Waals surface area contributed by atoms with Crippen LogP contribution in [0.2, 0.25) is 0 Å². The van der Waals surface area contributed by atoms with E-state index >= 15 is 0 Å². The standard InChI is InChI=1S/C18H22N4O5/c1-25-16(23)9-19-18(24)22-10-14(11-22)17-20-15(21-27-17)7-8-26-12-13-5-3-2-4-6-13/h2-6,14H,7-12H2,1H3,(H,19,24). The van der Waals surface area contributed by atoms with Crippen molar-refractivity contribution >= 4 is 12.0 Å². The summed E-state index contributed by atoms with van der Waals surface area (Å²) in [5.41, 5.74) is 1.12. The largest absolute Gasteiger partial charge is 0.468 e. The van der Waals surface area contributed by atoms with Crippen molar-refractivity contribution in [2.24, 2.45) is 0 Å². The lowest BCUT2D eigenvalue weighted by molar-refractivity contribution is -0.139. The molecule has 0 bridgehead atoms. The molecule has 1 aliphatic heterocycles. The summed E-state index contributed by atoms with van der Waals surface area (Å²) in [6, 6.07) is 9.62. The number of carbonyl (C=O) groups excluding carboxylic acids is 2. The van der Waals surface area contributed by atoms with E-state index in [-0.39, 0.29) is 18.5 Å². The van der Waals surface area contributed by atoms with Crippen molar-refractivity contribution in [1.29, 1.82) is 0 Å². The van der Waals surface area contributed by atoms with Crippen LogP contribution in [0.25, 0.3) is 0 Å². The number of rotatable bonds is 8. The van der Waals surface area contributed by atoms with Gasteiger partial charge in [-0.25, -0.2) is 4.79 Å². The first kappa shape index (κ1) is 18.8. The molecule has 27 heavy (non-hydrogen) atoms. The first-order chi connectivity index (χ1) is 13.2. The average molecular weight is 374 g/mol. The minimum atomic E-state index is -0.489. The number of likely N-dealkylation sites (tertiary alicyclic amines) is 1. The fraction of sp³-hybridized carbons (Fsp3) is 0.444. The van der Waals surface area contributed by atoms with E-state index in [0.717, 1.165) is 5.56 Å². The van der Waals surface area contributed by atoms with Crippen molar-refractivity contribution in [3.8, 4) is 0 Å². The van der Waals surface area contributed by atoms with Crippen LogP contribution in [0.1, 0.15) is 23.2 Å². The number of esters is 1. The molecule has 1 aromatic heterocycles. The minimum absolute atomic E-state index is 0.0142. The highest BCUT2D eigenvalue weighted by molar-refractivity contribution is 5.81. The smallest absolute Gasteiger partial charge is 0.325 e. The Morgan fingerprint density at radius 3 is 2.81 bits per heavy atom. The van der Waals surface area contributed by atoms with E-state index in [1.807, 2.05) is 30.3 Å². The molecule has 0 aliphatic carbocycles. The minimum Gasteiger partial charge on any atom is -0.468 e. The molecule has 9 heteroatoms. The van der Waals surface area contributed by atoms with Crippen molar-refractivity contribution in [2.75, 3.05) is 33.4 Å². The summed E-state index contributed by atoms with van der Waals surface area (Å²) in [4.78, 5) is 28.8. The molecular formula is C18H22N4O5. The molecule has 2 amide bonds. The number of nitrogens with one attached hydrogen (secondary N) is 1. The van der Waals surface area contributed by atoms with Gasteiger partial charge < -0.3 is 24.2 Å². The van der Waals surface area contributed by atoms with Gasteiger partial charge in [0, 0.05) is 19.5 Å². The Kier molecular flexibility index (Phi) is 6.37. The van der Waals surface area contributed by atoms with Gasteiger partial charge in [0.25, 0.3) is 0 Å². The molecule has 1 fully saturated rings. The van der Waals surface area contributed by atoms with Crippen LogP contribution in [0.5, 0.6) is 0 Å². The second-order valence-corrected chi connectivity index (χ2v) is 6.17. The number of aromatic nitrogens is 2. The van der Waals surface area contributed by atoms with Gasteiger partial charge >= 0.3 is 12.0 Å². The molecule has 3 rings (SSSR count). The van der Waals surface area contributed by atoms with Crippen molar-refractivity contribution in [1.82, 2.24) is 20.4 Å². The number of ether oxygens (including phenoxy) is 2. The number of hydrogen-bond acceptors (Lipinski definition) is 7. The van der Waals surface area contributed by atoms with E-state index in [4.69, 9.17) is 9.26 Å². The van der Waals surface area contributed by atoms with E-state index < -0.39 is 5.97 Å². The van der Waals surface area contributed by atoms with Gasteiger partial charge in [-0.15, -0.1) is 0 Å². The van der Waals surface area contributed by atoms with Crippen molar-refractivity contribution in [3.63, 3.8) is 0 Å². The molecular weight excluding hydrogens is 352 g/mol. The third kappa shape index (κ3) is 5.27. The molecule has 2 heterocycles. The lowest BCUT2D eigenvalue weighted by Crippen LogP contribution is -2.53. The zero-order valence-electron chi connectivity index (χ0n) is 15.1. The van der Waals surface area contributed by atoms with Crippen molar-refractivity contribution < 1.29 is 23.6 Å². The van der Waals surface area contributed by atoms with Gasteiger partial charge in [-0.2, -0.15) is 4.98 Å². The first-order valence-corrected chi connectivity index (χ1v) is 8.69. The highest BCUT2D eigenvalue weighted by Crippen LogP contribution is 2.25. The second kappa shape index (κ2) is 9.13. The van der Waals surface area contributed by atoms with Crippen LogP contribution >= 0.6 is 0 Å². The average Bonchev–Trinajstić information content (AvgIpc) is 3.11. The van der Waals surface area contributed by atoms with E-state index in [1.54, 1.807) is 4.90 Å². The molecule has 1 aromatic carbocycles. The Bertz CT molecular complexity index is 758. The summed E-state index contributed by atoms with van der Waals surface area (Å²) in [7, 11) is 1.27. The Hall–Kier alpha value is -2.94. The van der Waals surface area contributed by atoms with Crippen LogP contribution in [-0.2, 0) is 27.3 Å². The second-order valence-electron chi connectivity index (χ2n) is 6.17. The highest BCUT2D eigenvalue weighted by atomic mass is 16.5. The lowest BCUT2D eigenvalue weighted by atomic mass is 10.0. The zero-order valence-corrected chi connectivity index (χ0v) is 15.1. The molecule has 0 unspecified atom stereocenters. The van der Waals surface area contributed by atoms with E-state index in [9.17, 15) is 9.59 Å². The van der Waals surface area contributed by atoms with E-state index in [2.05, 4.69) is 20.2 Å². The monoisotopic (exact) mass is 374 g/mol. The number of urea groups is 1. The van der Waals surface area contributed by atoms with Gasteiger partial charge in [0.05, 0.1) is 26.2 Å².